The molecule has 2 rings (SSSR count). The Balaban J connectivity index is 2.00. The topological polar surface area (TPSA) is 92.4 Å². The van der Waals surface area contributed by atoms with Gasteiger partial charge in [-0.3, -0.25) is 4.79 Å². The second-order valence-corrected chi connectivity index (χ2v) is 5.85. The summed E-state index contributed by atoms with van der Waals surface area (Å²) in [4.78, 5) is 23.5. The second kappa shape index (κ2) is 6.72. The van der Waals surface area contributed by atoms with Gasteiger partial charge in [-0.1, -0.05) is 49.6 Å². The van der Waals surface area contributed by atoms with Crippen LogP contribution in [0.4, 0.5) is 0 Å². The highest BCUT2D eigenvalue weighted by atomic mass is 16.4. The number of hydrogen-bond donors (Lipinski definition) is 3. The zero-order chi connectivity index (χ0) is 15.3. The number of carbonyl (C=O) groups excluding carboxylic acids is 1. The van der Waals surface area contributed by atoms with Gasteiger partial charge >= 0.3 is 5.97 Å². The number of carboxylic acids is 1. The maximum atomic E-state index is 12.2. The summed E-state index contributed by atoms with van der Waals surface area (Å²) in [7, 11) is 0. The maximum absolute atomic E-state index is 12.2. The molecule has 5 heteroatoms. The minimum Gasteiger partial charge on any atom is -0.479 e. The van der Waals surface area contributed by atoms with E-state index >= 15 is 0 Å². The van der Waals surface area contributed by atoms with E-state index in [0.717, 1.165) is 32.1 Å². The third kappa shape index (κ3) is 4.29. The van der Waals surface area contributed by atoms with Gasteiger partial charge in [0, 0.05) is 12.0 Å². The van der Waals surface area contributed by atoms with Crippen LogP contribution in [-0.2, 0) is 9.59 Å². The van der Waals surface area contributed by atoms with Crippen LogP contribution in [0.5, 0.6) is 0 Å². The molecule has 1 amide bonds. The average Bonchev–Trinajstić information content (AvgIpc) is 2.45. The van der Waals surface area contributed by atoms with Crippen LogP contribution in [0.3, 0.4) is 0 Å². The number of aliphatic carboxylic acids is 1. The van der Waals surface area contributed by atoms with E-state index in [9.17, 15) is 14.7 Å². The van der Waals surface area contributed by atoms with Gasteiger partial charge in [-0.15, -0.1) is 0 Å². The van der Waals surface area contributed by atoms with Crippen molar-refractivity contribution >= 4 is 11.9 Å². The van der Waals surface area contributed by atoms with Crippen molar-refractivity contribution in [1.82, 2.24) is 5.32 Å². The normalized spacial score (nSPS) is 18.7. The minimum absolute atomic E-state index is 0.184. The Labute approximate surface area is 124 Å². The Morgan fingerprint density at radius 3 is 2.38 bits per heavy atom. The van der Waals surface area contributed by atoms with Gasteiger partial charge in [0.2, 0.25) is 5.91 Å². The molecule has 0 bridgehead atoms. The highest BCUT2D eigenvalue weighted by Crippen LogP contribution is 2.28. The molecule has 4 N–H and O–H groups in total. The second-order valence-electron chi connectivity index (χ2n) is 5.85. The fourth-order valence-corrected chi connectivity index (χ4v) is 2.90. The molecule has 5 nitrogen and oxygen atoms in total. The van der Waals surface area contributed by atoms with E-state index < -0.39 is 17.6 Å². The van der Waals surface area contributed by atoms with Crippen LogP contribution in [-0.4, -0.2) is 22.5 Å². The van der Waals surface area contributed by atoms with Gasteiger partial charge in [-0.05, 0) is 18.4 Å². The molecule has 1 atom stereocenters. The lowest BCUT2D eigenvalue weighted by molar-refractivity contribution is -0.142. The van der Waals surface area contributed by atoms with Crippen molar-refractivity contribution in [3.63, 3.8) is 0 Å². The molecular weight excluding hydrogens is 268 g/mol. The first-order valence-corrected chi connectivity index (χ1v) is 7.36. The summed E-state index contributed by atoms with van der Waals surface area (Å²) in [6.45, 7) is 0. The lowest BCUT2D eigenvalue weighted by Gasteiger charge is -2.33. The molecular formula is C16H22N2O3. The van der Waals surface area contributed by atoms with E-state index in [1.807, 2.05) is 0 Å². The van der Waals surface area contributed by atoms with Crippen LogP contribution in [0, 0.1) is 0 Å². The lowest BCUT2D eigenvalue weighted by atomic mass is 9.80. The molecule has 1 aliphatic carbocycles. The van der Waals surface area contributed by atoms with Crippen molar-refractivity contribution in [3.05, 3.63) is 35.9 Å². The summed E-state index contributed by atoms with van der Waals surface area (Å²) in [5.74, 6) is -1.36. The van der Waals surface area contributed by atoms with Gasteiger partial charge in [0.1, 0.15) is 0 Å². The van der Waals surface area contributed by atoms with Crippen LogP contribution in [0.1, 0.15) is 50.1 Å². The standard InChI is InChI=1S/C16H22N2O3/c17-16(9-5-2-6-10-16)11-13(19)18-14(15(20)21)12-7-3-1-4-8-12/h1,3-4,7-8,14H,2,5-6,9-11,17H2,(H,18,19)(H,20,21). The van der Waals surface area contributed by atoms with Crippen LogP contribution >= 0.6 is 0 Å². The molecule has 0 saturated heterocycles. The molecule has 1 aromatic carbocycles. The molecule has 0 aliphatic heterocycles. The first kappa shape index (κ1) is 15.5. The number of nitrogens with one attached hydrogen (secondary N) is 1. The van der Waals surface area contributed by atoms with E-state index in [1.54, 1.807) is 30.3 Å². The van der Waals surface area contributed by atoms with Crippen molar-refractivity contribution in [3.8, 4) is 0 Å². The monoisotopic (exact) mass is 290 g/mol. The van der Waals surface area contributed by atoms with Crippen LogP contribution in [0.25, 0.3) is 0 Å². The number of nitrogens with two attached hydrogens (primary N) is 1. The Hall–Kier alpha value is -1.88. The highest BCUT2D eigenvalue weighted by Gasteiger charge is 2.31. The van der Waals surface area contributed by atoms with Crippen molar-refractivity contribution in [1.29, 1.82) is 0 Å². The number of hydrogen-bond acceptors (Lipinski definition) is 3. The Bertz CT molecular complexity index is 496. The average molecular weight is 290 g/mol. The fraction of sp³-hybridized carbons (Fsp3) is 0.500. The SMILES string of the molecule is NC1(CC(=O)NC(C(=O)O)c2ccccc2)CCCCC1. The zero-order valence-corrected chi connectivity index (χ0v) is 12.0. The molecule has 21 heavy (non-hydrogen) atoms. The van der Waals surface area contributed by atoms with Gasteiger partial charge in [0.25, 0.3) is 0 Å². The van der Waals surface area contributed by atoms with Crippen LogP contribution < -0.4 is 11.1 Å². The molecule has 1 aliphatic rings. The predicted molar refractivity (Wildman–Crippen MR) is 79.6 cm³/mol. The van der Waals surface area contributed by atoms with E-state index in [4.69, 9.17) is 5.73 Å². The summed E-state index contributed by atoms with van der Waals surface area (Å²) in [5, 5.41) is 11.9. The van der Waals surface area contributed by atoms with Crippen molar-refractivity contribution in [2.75, 3.05) is 0 Å². The summed E-state index contributed by atoms with van der Waals surface area (Å²) in [6.07, 6.45) is 5.05. The molecule has 1 aromatic rings. The quantitative estimate of drug-likeness (QED) is 0.773. The van der Waals surface area contributed by atoms with Crippen LogP contribution in [0.2, 0.25) is 0 Å². The van der Waals surface area contributed by atoms with Gasteiger partial charge in [0.05, 0.1) is 0 Å². The van der Waals surface area contributed by atoms with Crippen molar-refractivity contribution < 1.29 is 14.7 Å². The number of carboxylic acid groups (broad SMARTS) is 1. The maximum Gasteiger partial charge on any atom is 0.330 e. The number of benzene rings is 1. The lowest BCUT2D eigenvalue weighted by Crippen LogP contribution is -2.47. The third-order valence-corrected chi connectivity index (χ3v) is 4.05. The summed E-state index contributed by atoms with van der Waals surface area (Å²) in [5.41, 5.74) is 6.32. The summed E-state index contributed by atoms with van der Waals surface area (Å²) >= 11 is 0. The van der Waals surface area contributed by atoms with E-state index in [0.29, 0.717) is 5.56 Å². The Morgan fingerprint density at radius 2 is 1.81 bits per heavy atom. The van der Waals surface area contributed by atoms with E-state index in [-0.39, 0.29) is 12.3 Å². The van der Waals surface area contributed by atoms with Gasteiger partial charge in [-0.25, -0.2) is 4.79 Å². The largest absolute Gasteiger partial charge is 0.479 e. The first-order valence-electron chi connectivity index (χ1n) is 7.36. The molecule has 0 radical (unpaired) electrons. The summed E-state index contributed by atoms with van der Waals surface area (Å²) < 4.78 is 0. The van der Waals surface area contributed by atoms with E-state index in [2.05, 4.69) is 5.32 Å². The van der Waals surface area contributed by atoms with Crippen molar-refractivity contribution in [2.24, 2.45) is 5.73 Å². The Kier molecular flexibility index (Phi) is 4.96. The number of amides is 1. The molecule has 0 heterocycles. The zero-order valence-electron chi connectivity index (χ0n) is 12.0. The van der Waals surface area contributed by atoms with Gasteiger partial charge in [-0.2, -0.15) is 0 Å². The smallest absolute Gasteiger partial charge is 0.330 e. The number of rotatable bonds is 5. The third-order valence-electron chi connectivity index (χ3n) is 4.05. The number of carbonyl (C=O) groups is 2. The predicted octanol–water partition coefficient (Wildman–Crippen LogP) is 1.98. The van der Waals surface area contributed by atoms with Crippen molar-refractivity contribution in [2.45, 2.75) is 50.1 Å². The molecule has 1 unspecified atom stereocenters. The van der Waals surface area contributed by atoms with Gasteiger partial charge in [0.15, 0.2) is 6.04 Å². The molecule has 0 aromatic heterocycles. The molecule has 0 spiro atoms. The fourth-order valence-electron chi connectivity index (χ4n) is 2.90. The van der Waals surface area contributed by atoms with E-state index in [1.165, 1.54) is 0 Å². The first-order chi connectivity index (χ1) is 10.0. The molecule has 114 valence electrons. The Morgan fingerprint density at radius 1 is 1.19 bits per heavy atom. The minimum atomic E-state index is -1.07. The van der Waals surface area contributed by atoms with Gasteiger partial charge < -0.3 is 16.2 Å². The van der Waals surface area contributed by atoms with Crippen LogP contribution in [0.15, 0.2) is 30.3 Å². The molecule has 1 saturated carbocycles. The summed E-state index contributed by atoms with van der Waals surface area (Å²) in [6, 6.07) is 7.67. The highest BCUT2D eigenvalue weighted by molar-refractivity contribution is 5.85. The molecule has 1 fully saturated rings.